The lowest BCUT2D eigenvalue weighted by atomic mass is 9.75. The zero-order valence-electron chi connectivity index (χ0n) is 26.4. The van der Waals surface area contributed by atoms with E-state index < -0.39 is 23.0 Å². The SMILES string of the molecule is CC1(c2cccc(CCC(=O)O)c2)CCCC2CC2c2ncc(o2)Cc2c(c(F)cc3[nH]ccc23)Oc2ccc(F)c(c2)-c2ncc1[nH]2. The molecule has 1 aliphatic heterocycles. The highest BCUT2D eigenvalue weighted by molar-refractivity contribution is 5.86. The van der Waals surface area contributed by atoms with Gasteiger partial charge in [0.05, 0.1) is 11.8 Å². The Morgan fingerprint density at radius 3 is 2.85 bits per heavy atom. The van der Waals surface area contributed by atoms with Gasteiger partial charge in [0.2, 0.25) is 0 Å². The van der Waals surface area contributed by atoms with Crippen molar-refractivity contribution in [3.63, 3.8) is 0 Å². The fourth-order valence-electron chi connectivity index (χ4n) is 7.21. The van der Waals surface area contributed by atoms with Crippen molar-refractivity contribution in [1.29, 1.82) is 0 Å². The van der Waals surface area contributed by atoms with Gasteiger partial charge in [-0.05, 0) is 73.9 Å². The Balaban J connectivity index is 1.23. The summed E-state index contributed by atoms with van der Waals surface area (Å²) in [5.41, 5.74) is 3.68. The van der Waals surface area contributed by atoms with E-state index >= 15 is 8.78 Å². The minimum Gasteiger partial charge on any atom is -0.481 e. The van der Waals surface area contributed by atoms with Gasteiger partial charge < -0.3 is 24.2 Å². The first kappa shape index (κ1) is 30.1. The quantitative estimate of drug-likeness (QED) is 0.176. The standard InChI is InChI=1S/C38H34F2N4O4/c1-38(23-6-2-4-21(14-23)7-10-34(45)46)12-3-5-22-15-27(22)37-43-19-25(48-37)17-28-26-11-13-41-32(26)18-31(40)35(28)47-24-8-9-30(39)29(16-24)36-42-20-33(38)44-36/h2,4,6,8-9,11,13-14,16,18-20,22,27,41H,3,5,7,10,12,15,17H2,1H3,(H,42,44)(H,45,46). The number of fused-ring (bicyclic) bond motifs is 12. The predicted octanol–water partition coefficient (Wildman–Crippen LogP) is 8.82. The van der Waals surface area contributed by atoms with Crippen LogP contribution in [0.25, 0.3) is 22.3 Å². The maximum absolute atomic E-state index is 15.7. The lowest BCUT2D eigenvalue weighted by Gasteiger charge is -2.30. The lowest BCUT2D eigenvalue weighted by Crippen LogP contribution is -2.24. The molecule has 3 aromatic heterocycles. The first-order valence-corrected chi connectivity index (χ1v) is 16.3. The molecule has 1 aliphatic carbocycles. The number of rotatable bonds is 4. The number of hydrogen-bond donors (Lipinski definition) is 3. The van der Waals surface area contributed by atoms with Gasteiger partial charge in [-0.25, -0.2) is 18.7 Å². The number of hydrogen-bond acceptors (Lipinski definition) is 5. The molecule has 10 heteroatoms. The highest BCUT2D eigenvalue weighted by Crippen LogP contribution is 2.51. The third kappa shape index (κ3) is 5.55. The van der Waals surface area contributed by atoms with Crippen LogP contribution >= 0.6 is 0 Å². The lowest BCUT2D eigenvalue weighted by molar-refractivity contribution is -0.136. The van der Waals surface area contributed by atoms with Crippen LogP contribution in [-0.2, 0) is 23.1 Å². The van der Waals surface area contributed by atoms with Crippen molar-refractivity contribution in [2.24, 2.45) is 5.92 Å². The van der Waals surface area contributed by atoms with E-state index in [1.807, 2.05) is 18.2 Å². The first-order valence-electron chi connectivity index (χ1n) is 16.3. The van der Waals surface area contributed by atoms with Crippen LogP contribution in [0.2, 0.25) is 0 Å². The fourth-order valence-corrected chi connectivity index (χ4v) is 7.21. The minimum atomic E-state index is -0.842. The number of aryl methyl sites for hydroxylation is 1. The molecule has 1 saturated carbocycles. The topological polar surface area (TPSA) is 117 Å². The third-order valence-corrected chi connectivity index (χ3v) is 10.1. The molecule has 4 heterocycles. The van der Waals surface area contributed by atoms with Crippen molar-refractivity contribution in [3.8, 4) is 22.9 Å². The summed E-state index contributed by atoms with van der Waals surface area (Å²) >= 11 is 0. The molecule has 3 unspecified atom stereocenters. The molecule has 8 rings (SSSR count). The summed E-state index contributed by atoms with van der Waals surface area (Å²) in [7, 11) is 0. The molecule has 0 saturated heterocycles. The number of aromatic amines is 2. The molecule has 3 aromatic carbocycles. The molecule has 3 atom stereocenters. The molecular formula is C38H34F2N4O4. The van der Waals surface area contributed by atoms with Gasteiger partial charge in [-0.3, -0.25) is 4.79 Å². The van der Waals surface area contributed by atoms with E-state index in [0.717, 1.165) is 47.9 Å². The zero-order valence-corrected chi connectivity index (χ0v) is 26.4. The summed E-state index contributed by atoms with van der Waals surface area (Å²) < 4.78 is 43.6. The first-order chi connectivity index (χ1) is 23.2. The molecule has 2 aliphatic rings. The van der Waals surface area contributed by atoms with Gasteiger partial charge >= 0.3 is 5.97 Å². The number of carboxylic acids is 1. The largest absolute Gasteiger partial charge is 0.481 e. The van der Waals surface area contributed by atoms with Crippen LogP contribution < -0.4 is 4.74 Å². The summed E-state index contributed by atoms with van der Waals surface area (Å²) in [5.74, 6) is 0.704. The smallest absolute Gasteiger partial charge is 0.303 e. The molecule has 3 N–H and O–H groups in total. The number of nitrogens with one attached hydrogen (secondary N) is 2. The van der Waals surface area contributed by atoms with Crippen molar-refractivity contribution in [2.45, 2.75) is 63.2 Å². The van der Waals surface area contributed by atoms with Gasteiger partial charge in [0.1, 0.15) is 23.2 Å². The Labute approximate surface area is 275 Å². The van der Waals surface area contributed by atoms with Crippen LogP contribution in [0.5, 0.6) is 11.5 Å². The number of aliphatic carboxylic acids is 1. The van der Waals surface area contributed by atoms with Gasteiger partial charge in [0.25, 0.3) is 0 Å². The molecule has 1 fully saturated rings. The van der Waals surface area contributed by atoms with Crippen LogP contribution in [0.15, 0.2) is 77.6 Å². The second-order valence-corrected chi connectivity index (χ2v) is 13.3. The Bertz CT molecular complexity index is 2170. The summed E-state index contributed by atoms with van der Waals surface area (Å²) in [6.45, 7) is 2.14. The second kappa shape index (κ2) is 11.8. The number of benzene rings is 3. The van der Waals surface area contributed by atoms with Gasteiger partial charge in [-0.2, -0.15) is 0 Å². The molecule has 244 valence electrons. The second-order valence-electron chi connectivity index (χ2n) is 13.3. The van der Waals surface area contributed by atoms with E-state index in [-0.39, 0.29) is 35.8 Å². The highest BCUT2D eigenvalue weighted by atomic mass is 19.1. The zero-order chi connectivity index (χ0) is 33.0. The van der Waals surface area contributed by atoms with Crippen molar-refractivity contribution >= 4 is 16.9 Å². The monoisotopic (exact) mass is 648 g/mol. The number of nitrogens with zero attached hydrogens (tertiary/aromatic N) is 2. The van der Waals surface area contributed by atoms with E-state index in [1.165, 1.54) is 24.3 Å². The number of H-pyrrole nitrogens is 2. The summed E-state index contributed by atoms with van der Waals surface area (Å²) in [4.78, 5) is 27.0. The molecule has 8 nitrogen and oxygen atoms in total. The number of imidazole rings is 1. The van der Waals surface area contributed by atoms with E-state index in [2.05, 4.69) is 39.0 Å². The predicted molar refractivity (Wildman–Crippen MR) is 175 cm³/mol. The summed E-state index contributed by atoms with van der Waals surface area (Å²) in [6.07, 6.45) is 9.61. The number of halogens is 2. The van der Waals surface area contributed by atoms with Crippen LogP contribution in [0.4, 0.5) is 8.78 Å². The number of carboxylic acid groups (broad SMARTS) is 1. The normalized spacial score (nSPS) is 20.6. The molecule has 6 aromatic rings. The van der Waals surface area contributed by atoms with Gasteiger partial charge in [0.15, 0.2) is 17.5 Å². The van der Waals surface area contributed by atoms with Crippen molar-refractivity contribution < 1.29 is 27.8 Å². The summed E-state index contributed by atoms with van der Waals surface area (Å²) in [6, 6.07) is 15.6. The van der Waals surface area contributed by atoms with E-state index in [4.69, 9.17) is 9.15 Å². The molecule has 0 amide bonds. The van der Waals surface area contributed by atoms with Crippen molar-refractivity contribution in [3.05, 3.63) is 119 Å². The Kier molecular flexibility index (Phi) is 7.38. The van der Waals surface area contributed by atoms with Gasteiger partial charge in [0, 0.05) is 64.8 Å². The molecule has 0 spiro atoms. The number of ether oxygens (including phenoxy) is 1. The van der Waals surface area contributed by atoms with Crippen molar-refractivity contribution in [1.82, 2.24) is 19.9 Å². The van der Waals surface area contributed by atoms with Crippen LogP contribution in [0.1, 0.15) is 79.0 Å². The third-order valence-electron chi connectivity index (χ3n) is 10.1. The van der Waals surface area contributed by atoms with Crippen LogP contribution in [-0.4, -0.2) is 31.0 Å². The van der Waals surface area contributed by atoms with Crippen LogP contribution in [0.3, 0.4) is 0 Å². The Morgan fingerprint density at radius 2 is 1.98 bits per heavy atom. The molecule has 6 bridgehead atoms. The van der Waals surface area contributed by atoms with E-state index in [1.54, 1.807) is 18.6 Å². The average molecular weight is 649 g/mol. The Morgan fingerprint density at radius 1 is 1.08 bits per heavy atom. The van der Waals surface area contributed by atoms with Gasteiger partial charge in [-0.1, -0.05) is 30.7 Å². The maximum Gasteiger partial charge on any atom is 0.303 e. The molecular weight excluding hydrogens is 614 g/mol. The molecule has 48 heavy (non-hydrogen) atoms. The molecule has 0 radical (unpaired) electrons. The van der Waals surface area contributed by atoms with Crippen LogP contribution in [0, 0.1) is 17.6 Å². The maximum atomic E-state index is 15.7. The number of oxazole rings is 1. The van der Waals surface area contributed by atoms with Crippen molar-refractivity contribution in [2.75, 3.05) is 0 Å². The van der Waals surface area contributed by atoms with Gasteiger partial charge in [-0.15, -0.1) is 0 Å². The summed E-state index contributed by atoms with van der Waals surface area (Å²) in [5, 5.41) is 10.1. The number of aromatic nitrogens is 4. The fraction of sp³-hybridized carbons (Fsp3) is 0.289. The van der Waals surface area contributed by atoms with E-state index in [0.29, 0.717) is 40.9 Å². The highest BCUT2D eigenvalue weighted by Gasteiger charge is 2.42. The average Bonchev–Trinajstić information content (AvgIpc) is 3.44. The van der Waals surface area contributed by atoms with E-state index in [9.17, 15) is 9.90 Å². The minimum absolute atomic E-state index is 0.0373. The number of carbonyl (C=O) groups is 1. The Hall–Kier alpha value is -5.25.